The Balaban J connectivity index is 2.19. The molecule has 0 bridgehead atoms. The first-order valence-electron chi connectivity index (χ1n) is 6.88. The number of hydrogen-bond acceptors (Lipinski definition) is 2. The first-order chi connectivity index (χ1) is 11.6. The molecule has 0 amide bonds. The van der Waals surface area contributed by atoms with Crippen molar-refractivity contribution in [3.05, 3.63) is 61.2 Å². The van der Waals surface area contributed by atoms with E-state index in [-0.39, 0.29) is 3.57 Å². The third kappa shape index (κ3) is 2.77. The number of methoxy groups -OCH3 is 1. The van der Waals surface area contributed by atoms with Crippen LogP contribution in [0.1, 0.15) is 5.56 Å². The van der Waals surface area contributed by atoms with E-state index in [1.54, 1.807) is 0 Å². The van der Waals surface area contributed by atoms with Gasteiger partial charge in [-0.2, -0.15) is 0 Å². The fourth-order valence-electron chi connectivity index (χ4n) is 2.50. The van der Waals surface area contributed by atoms with Crippen molar-refractivity contribution in [2.75, 3.05) is 7.11 Å². The molecule has 136 valence electrons. The summed E-state index contributed by atoms with van der Waals surface area (Å²) < 4.78 is 91.5. The zero-order valence-corrected chi connectivity index (χ0v) is 14.7. The van der Waals surface area contributed by atoms with Gasteiger partial charge in [0.15, 0.2) is 0 Å². The summed E-state index contributed by atoms with van der Waals surface area (Å²) >= 11 is -3.41. The SMILES string of the molecule is COc1ccc(I2OC(C(F)(F)F)(C(F)(F)F)c3ccccc32)cc1. The second kappa shape index (κ2) is 6.04. The number of ether oxygens (including phenoxy) is 1. The Kier molecular flexibility index (Phi) is 4.43. The zero-order valence-electron chi connectivity index (χ0n) is 12.6. The van der Waals surface area contributed by atoms with Crippen LogP contribution in [0.25, 0.3) is 0 Å². The Morgan fingerprint density at radius 1 is 0.880 bits per heavy atom. The maximum absolute atomic E-state index is 13.6. The molecule has 0 N–H and O–H groups in total. The van der Waals surface area contributed by atoms with Crippen molar-refractivity contribution < 1.29 is 34.1 Å². The van der Waals surface area contributed by atoms with E-state index < -0.39 is 43.8 Å². The van der Waals surface area contributed by atoms with E-state index in [9.17, 15) is 26.3 Å². The van der Waals surface area contributed by atoms with Crippen LogP contribution in [-0.2, 0) is 8.67 Å². The molecule has 0 aromatic heterocycles. The number of rotatable bonds is 2. The van der Waals surface area contributed by atoms with Crippen LogP contribution in [0, 0.1) is 7.14 Å². The second-order valence-corrected chi connectivity index (χ2v) is 9.41. The van der Waals surface area contributed by atoms with Crippen LogP contribution in [-0.4, -0.2) is 19.5 Å². The van der Waals surface area contributed by atoms with Crippen molar-refractivity contribution in [2.45, 2.75) is 18.0 Å². The van der Waals surface area contributed by atoms with Gasteiger partial charge in [-0.25, -0.2) is 0 Å². The third-order valence-corrected chi connectivity index (χ3v) is 8.62. The van der Waals surface area contributed by atoms with Gasteiger partial charge in [-0.05, 0) is 0 Å². The van der Waals surface area contributed by atoms with Gasteiger partial charge in [0, 0.05) is 0 Å². The molecule has 0 fully saturated rings. The van der Waals surface area contributed by atoms with Gasteiger partial charge >= 0.3 is 146 Å². The van der Waals surface area contributed by atoms with Crippen LogP contribution < -0.4 is 4.74 Å². The maximum atomic E-state index is 13.6. The monoisotopic (exact) mass is 476 g/mol. The molecule has 0 saturated carbocycles. The fraction of sp³-hybridized carbons (Fsp3) is 0.250. The third-order valence-electron chi connectivity index (χ3n) is 3.68. The van der Waals surface area contributed by atoms with Crippen LogP contribution in [0.3, 0.4) is 0 Å². The van der Waals surface area contributed by atoms with Gasteiger partial charge in [-0.1, -0.05) is 0 Å². The van der Waals surface area contributed by atoms with E-state index in [2.05, 4.69) is 0 Å². The Morgan fingerprint density at radius 3 is 1.96 bits per heavy atom. The van der Waals surface area contributed by atoms with Gasteiger partial charge < -0.3 is 0 Å². The molecule has 0 spiro atoms. The molecule has 1 heterocycles. The van der Waals surface area contributed by atoms with Gasteiger partial charge in [0.1, 0.15) is 0 Å². The average molecular weight is 476 g/mol. The summed E-state index contributed by atoms with van der Waals surface area (Å²) in [7, 11) is 1.41. The van der Waals surface area contributed by atoms with Crippen LogP contribution in [0.15, 0.2) is 48.5 Å². The molecule has 0 saturated heterocycles. The molecular weight excluding hydrogens is 465 g/mol. The Bertz CT molecular complexity index is 755. The molecule has 0 atom stereocenters. The van der Waals surface area contributed by atoms with Crippen molar-refractivity contribution in [2.24, 2.45) is 0 Å². The molecular formula is C16H11F6IO2. The first kappa shape index (κ1) is 18.3. The van der Waals surface area contributed by atoms with Gasteiger partial charge in [0.05, 0.1) is 0 Å². The van der Waals surface area contributed by atoms with Crippen LogP contribution >= 0.6 is 20.2 Å². The Hall–Kier alpha value is -1.49. The van der Waals surface area contributed by atoms with Crippen molar-refractivity contribution in [3.8, 4) is 5.75 Å². The second-order valence-electron chi connectivity index (χ2n) is 5.14. The molecule has 1 aliphatic heterocycles. The average Bonchev–Trinajstić information content (AvgIpc) is 2.91. The van der Waals surface area contributed by atoms with E-state index in [1.807, 2.05) is 0 Å². The molecule has 0 unspecified atom stereocenters. The number of alkyl halides is 6. The predicted octanol–water partition coefficient (Wildman–Crippen LogP) is 5.51. The van der Waals surface area contributed by atoms with Crippen LogP contribution in [0.2, 0.25) is 0 Å². The van der Waals surface area contributed by atoms with Gasteiger partial charge in [0.25, 0.3) is 0 Å². The minimum atomic E-state index is -5.62. The molecule has 3 rings (SSSR count). The molecule has 9 heteroatoms. The molecule has 2 aromatic carbocycles. The summed E-state index contributed by atoms with van der Waals surface area (Å²) in [4.78, 5) is 0. The molecule has 2 aromatic rings. The molecule has 1 aliphatic rings. The Morgan fingerprint density at radius 2 is 1.44 bits per heavy atom. The number of benzene rings is 2. The first-order valence-corrected chi connectivity index (χ1v) is 9.92. The predicted molar refractivity (Wildman–Crippen MR) is 85.7 cm³/mol. The van der Waals surface area contributed by atoms with Crippen LogP contribution in [0.5, 0.6) is 5.75 Å². The molecule has 0 radical (unpaired) electrons. The summed E-state index contributed by atoms with van der Waals surface area (Å²) in [5.74, 6) is 0.449. The fourth-order valence-corrected chi connectivity index (χ4v) is 7.69. The van der Waals surface area contributed by atoms with Crippen molar-refractivity contribution in [3.63, 3.8) is 0 Å². The van der Waals surface area contributed by atoms with E-state index in [0.717, 1.165) is 12.1 Å². The summed E-state index contributed by atoms with van der Waals surface area (Å²) in [6.45, 7) is 0. The van der Waals surface area contributed by atoms with E-state index in [4.69, 9.17) is 7.80 Å². The van der Waals surface area contributed by atoms with E-state index >= 15 is 0 Å². The standard InChI is InChI=1S/C16H11F6IO2/c1-24-11-8-6-10(7-9-11)23-13-5-3-2-4-12(13)14(25-23,15(17,18)19)16(20,21)22/h2-9H,1H3. The molecule has 2 nitrogen and oxygen atoms in total. The number of halogens is 7. The summed E-state index contributed by atoms with van der Waals surface area (Å²) in [5.41, 5.74) is -5.16. The topological polar surface area (TPSA) is 18.5 Å². The van der Waals surface area contributed by atoms with Crippen molar-refractivity contribution in [1.29, 1.82) is 0 Å². The van der Waals surface area contributed by atoms with E-state index in [0.29, 0.717) is 9.32 Å². The molecule has 25 heavy (non-hydrogen) atoms. The summed E-state index contributed by atoms with van der Waals surface area (Å²) in [5, 5.41) is 0. The number of fused-ring (bicyclic) bond motifs is 1. The summed E-state index contributed by atoms with van der Waals surface area (Å²) in [6.07, 6.45) is -11.2. The number of hydrogen-bond donors (Lipinski definition) is 0. The van der Waals surface area contributed by atoms with Crippen molar-refractivity contribution >= 4 is 20.2 Å². The normalized spacial score (nSPS) is 18.1. The van der Waals surface area contributed by atoms with Gasteiger partial charge in [-0.15, -0.1) is 0 Å². The van der Waals surface area contributed by atoms with Crippen LogP contribution in [0.4, 0.5) is 26.3 Å². The van der Waals surface area contributed by atoms with Gasteiger partial charge in [0.2, 0.25) is 0 Å². The molecule has 0 aliphatic carbocycles. The minimum absolute atomic E-state index is 0.00785. The Labute approximate surface area is 146 Å². The van der Waals surface area contributed by atoms with E-state index in [1.165, 1.54) is 43.5 Å². The zero-order chi connectivity index (χ0) is 18.5. The summed E-state index contributed by atoms with van der Waals surface area (Å²) in [6, 6.07) is 10.6. The van der Waals surface area contributed by atoms with Crippen molar-refractivity contribution in [1.82, 2.24) is 0 Å². The van der Waals surface area contributed by atoms with Gasteiger partial charge in [-0.3, -0.25) is 0 Å². The quantitative estimate of drug-likeness (QED) is 0.421.